The summed E-state index contributed by atoms with van der Waals surface area (Å²) >= 11 is 0. The predicted molar refractivity (Wildman–Crippen MR) is 89.2 cm³/mol. The zero-order valence-electron chi connectivity index (χ0n) is 13.7. The Bertz CT molecular complexity index is 644. The normalized spacial score (nSPS) is 10.6. The van der Waals surface area contributed by atoms with Gasteiger partial charge in [0.05, 0.1) is 12.2 Å². The van der Waals surface area contributed by atoms with Crippen molar-refractivity contribution in [3.63, 3.8) is 0 Å². The standard InChI is InChI=1S/C16H22N6O/c1-12-20-14(16(23)18-8-9-22(2)3)10-15(21-12)19-11-13-6-4-5-7-17-13/h4-7,10H,8-9,11H2,1-3H3,(H,18,23)(H,19,20,21). The maximum Gasteiger partial charge on any atom is 0.270 e. The Morgan fingerprint density at radius 1 is 1.26 bits per heavy atom. The van der Waals surface area contributed by atoms with Gasteiger partial charge in [-0.3, -0.25) is 9.78 Å². The van der Waals surface area contributed by atoms with Gasteiger partial charge in [-0.1, -0.05) is 6.07 Å². The van der Waals surface area contributed by atoms with E-state index in [4.69, 9.17) is 0 Å². The van der Waals surface area contributed by atoms with Crippen molar-refractivity contribution in [2.24, 2.45) is 0 Å². The highest BCUT2D eigenvalue weighted by Gasteiger charge is 2.10. The summed E-state index contributed by atoms with van der Waals surface area (Å²) in [5.41, 5.74) is 1.26. The lowest BCUT2D eigenvalue weighted by Crippen LogP contribution is -2.32. The topological polar surface area (TPSA) is 83.0 Å². The molecule has 0 bridgehead atoms. The second-order valence-corrected chi connectivity index (χ2v) is 5.42. The highest BCUT2D eigenvalue weighted by Crippen LogP contribution is 2.08. The third kappa shape index (κ3) is 5.63. The van der Waals surface area contributed by atoms with Gasteiger partial charge in [0, 0.05) is 25.4 Å². The molecule has 0 aliphatic carbocycles. The van der Waals surface area contributed by atoms with E-state index in [0.717, 1.165) is 12.2 Å². The van der Waals surface area contributed by atoms with Gasteiger partial charge in [0.1, 0.15) is 17.3 Å². The van der Waals surface area contributed by atoms with Crippen LogP contribution >= 0.6 is 0 Å². The molecule has 0 atom stereocenters. The highest BCUT2D eigenvalue weighted by molar-refractivity contribution is 5.92. The molecule has 0 aliphatic heterocycles. The van der Waals surface area contributed by atoms with Gasteiger partial charge in [-0.05, 0) is 33.2 Å². The maximum atomic E-state index is 12.1. The average Bonchev–Trinajstić information content (AvgIpc) is 2.53. The van der Waals surface area contributed by atoms with Crippen LogP contribution in [0.4, 0.5) is 5.82 Å². The van der Waals surface area contributed by atoms with Gasteiger partial charge >= 0.3 is 0 Å². The summed E-state index contributed by atoms with van der Waals surface area (Å²) in [5.74, 6) is 0.966. The fraction of sp³-hybridized carbons (Fsp3) is 0.375. The largest absolute Gasteiger partial charge is 0.364 e. The van der Waals surface area contributed by atoms with Crippen molar-refractivity contribution in [2.75, 3.05) is 32.5 Å². The van der Waals surface area contributed by atoms with Crippen molar-refractivity contribution in [2.45, 2.75) is 13.5 Å². The van der Waals surface area contributed by atoms with Gasteiger partial charge in [-0.2, -0.15) is 0 Å². The monoisotopic (exact) mass is 314 g/mol. The van der Waals surface area contributed by atoms with Crippen LogP contribution in [0, 0.1) is 6.92 Å². The Morgan fingerprint density at radius 3 is 2.78 bits per heavy atom. The first-order valence-corrected chi connectivity index (χ1v) is 7.47. The number of nitrogens with one attached hydrogen (secondary N) is 2. The van der Waals surface area contributed by atoms with Crippen LogP contribution in [-0.4, -0.2) is 52.9 Å². The molecule has 0 fully saturated rings. The van der Waals surface area contributed by atoms with Gasteiger partial charge in [0.2, 0.25) is 0 Å². The Labute approximate surface area is 136 Å². The van der Waals surface area contributed by atoms with E-state index in [2.05, 4.69) is 25.6 Å². The molecule has 2 aromatic rings. The summed E-state index contributed by atoms with van der Waals surface area (Å²) in [6.07, 6.45) is 1.74. The van der Waals surface area contributed by atoms with Crippen molar-refractivity contribution in [1.82, 2.24) is 25.2 Å². The minimum absolute atomic E-state index is 0.196. The van der Waals surface area contributed by atoms with E-state index in [9.17, 15) is 4.79 Å². The molecular formula is C16H22N6O. The minimum Gasteiger partial charge on any atom is -0.364 e. The summed E-state index contributed by atoms with van der Waals surface area (Å²) in [5, 5.41) is 6.02. The fourth-order valence-electron chi connectivity index (χ4n) is 1.94. The molecule has 0 aliphatic rings. The summed E-state index contributed by atoms with van der Waals surface area (Å²) in [6.45, 7) is 3.66. The number of likely N-dealkylation sites (N-methyl/N-ethyl adjacent to an activating group) is 1. The highest BCUT2D eigenvalue weighted by atomic mass is 16.1. The van der Waals surface area contributed by atoms with E-state index < -0.39 is 0 Å². The van der Waals surface area contributed by atoms with Crippen LogP contribution in [0.25, 0.3) is 0 Å². The Kier molecular flexibility index (Phi) is 5.99. The first-order chi connectivity index (χ1) is 11.0. The van der Waals surface area contributed by atoms with Gasteiger partial charge in [0.15, 0.2) is 0 Å². The third-order valence-corrected chi connectivity index (χ3v) is 3.09. The first-order valence-electron chi connectivity index (χ1n) is 7.47. The number of amides is 1. The molecule has 0 saturated carbocycles. The van der Waals surface area contributed by atoms with Crippen molar-refractivity contribution in [3.8, 4) is 0 Å². The minimum atomic E-state index is -0.196. The second-order valence-electron chi connectivity index (χ2n) is 5.42. The van der Waals surface area contributed by atoms with Gasteiger partial charge in [0.25, 0.3) is 5.91 Å². The summed E-state index contributed by atoms with van der Waals surface area (Å²) < 4.78 is 0. The zero-order valence-corrected chi connectivity index (χ0v) is 13.7. The Morgan fingerprint density at radius 2 is 2.09 bits per heavy atom. The fourth-order valence-corrected chi connectivity index (χ4v) is 1.94. The molecule has 122 valence electrons. The van der Waals surface area contributed by atoms with Crippen molar-refractivity contribution < 1.29 is 4.79 Å². The maximum absolute atomic E-state index is 12.1. The number of rotatable bonds is 7. The molecular weight excluding hydrogens is 292 g/mol. The van der Waals surface area contributed by atoms with Crippen LogP contribution in [0.3, 0.4) is 0 Å². The van der Waals surface area contributed by atoms with E-state index in [1.54, 1.807) is 19.2 Å². The number of hydrogen-bond acceptors (Lipinski definition) is 6. The van der Waals surface area contributed by atoms with E-state index in [1.165, 1.54) is 0 Å². The number of aryl methyl sites for hydroxylation is 1. The number of carbonyl (C=O) groups is 1. The van der Waals surface area contributed by atoms with Crippen LogP contribution in [0.2, 0.25) is 0 Å². The predicted octanol–water partition coefficient (Wildman–Crippen LogP) is 1.08. The molecule has 0 aromatic carbocycles. The van der Waals surface area contributed by atoms with E-state index >= 15 is 0 Å². The molecule has 0 unspecified atom stereocenters. The molecule has 2 N–H and O–H groups in total. The number of anilines is 1. The van der Waals surface area contributed by atoms with Gasteiger partial charge in [-0.15, -0.1) is 0 Å². The first kappa shape index (κ1) is 16.8. The van der Waals surface area contributed by atoms with Gasteiger partial charge < -0.3 is 15.5 Å². The summed E-state index contributed by atoms with van der Waals surface area (Å²) in [7, 11) is 3.92. The number of aromatic nitrogens is 3. The third-order valence-electron chi connectivity index (χ3n) is 3.09. The number of pyridine rings is 1. The van der Waals surface area contributed by atoms with Crippen molar-refractivity contribution in [3.05, 3.63) is 47.7 Å². The van der Waals surface area contributed by atoms with Crippen LogP contribution in [0.5, 0.6) is 0 Å². The quantitative estimate of drug-likeness (QED) is 0.796. The Hall–Kier alpha value is -2.54. The summed E-state index contributed by atoms with van der Waals surface area (Å²) in [6, 6.07) is 7.38. The lowest BCUT2D eigenvalue weighted by atomic mass is 10.3. The van der Waals surface area contributed by atoms with Crippen LogP contribution in [-0.2, 0) is 6.54 Å². The lowest BCUT2D eigenvalue weighted by Gasteiger charge is -2.11. The van der Waals surface area contributed by atoms with Crippen LogP contribution < -0.4 is 10.6 Å². The smallest absolute Gasteiger partial charge is 0.270 e. The van der Waals surface area contributed by atoms with Crippen LogP contribution in [0.1, 0.15) is 22.0 Å². The van der Waals surface area contributed by atoms with E-state index in [0.29, 0.717) is 30.4 Å². The molecule has 2 rings (SSSR count). The molecule has 1 amide bonds. The number of nitrogens with zero attached hydrogens (tertiary/aromatic N) is 4. The molecule has 2 aromatic heterocycles. The average molecular weight is 314 g/mol. The summed E-state index contributed by atoms with van der Waals surface area (Å²) in [4.78, 5) is 26.9. The molecule has 23 heavy (non-hydrogen) atoms. The van der Waals surface area contributed by atoms with E-state index in [1.807, 2.05) is 37.2 Å². The zero-order chi connectivity index (χ0) is 16.7. The lowest BCUT2D eigenvalue weighted by molar-refractivity contribution is 0.0945. The van der Waals surface area contributed by atoms with Gasteiger partial charge in [-0.25, -0.2) is 9.97 Å². The van der Waals surface area contributed by atoms with Crippen LogP contribution in [0.15, 0.2) is 30.5 Å². The Balaban J connectivity index is 1.99. The SMILES string of the molecule is Cc1nc(NCc2ccccn2)cc(C(=O)NCCN(C)C)n1. The number of hydrogen-bond donors (Lipinski definition) is 2. The van der Waals surface area contributed by atoms with E-state index in [-0.39, 0.29) is 5.91 Å². The molecule has 0 radical (unpaired) electrons. The van der Waals surface area contributed by atoms with Crippen molar-refractivity contribution in [1.29, 1.82) is 0 Å². The molecule has 7 heteroatoms. The molecule has 2 heterocycles. The number of carbonyl (C=O) groups excluding carboxylic acids is 1. The molecule has 0 spiro atoms. The van der Waals surface area contributed by atoms with Crippen molar-refractivity contribution >= 4 is 11.7 Å². The molecule has 7 nitrogen and oxygen atoms in total. The second kappa shape index (κ2) is 8.19. The molecule has 0 saturated heterocycles.